The number of nitrogens with zero attached hydrogens (tertiary/aromatic N) is 2. The topological polar surface area (TPSA) is 9.86 Å². The first-order chi connectivity index (χ1) is 21.1. The number of aromatic nitrogens is 2. The molecule has 0 aliphatic heterocycles. The summed E-state index contributed by atoms with van der Waals surface area (Å²) in [6, 6.07) is 48.9. The minimum atomic E-state index is 0.416. The lowest BCUT2D eigenvalue weighted by atomic mass is 10.00. The molecule has 43 heavy (non-hydrogen) atoms. The van der Waals surface area contributed by atoms with Crippen molar-refractivity contribution in [2.75, 3.05) is 6.26 Å². The Labute approximate surface area is 256 Å². The fraction of sp³-hybridized carbons (Fsp3) is 0.100. The van der Waals surface area contributed by atoms with Crippen LogP contribution in [0, 0.1) is 0 Å². The van der Waals surface area contributed by atoms with Crippen molar-refractivity contribution in [1.82, 2.24) is 9.13 Å². The Bertz CT molecular complexity index is 2300. The Morgan fingerprint density at radius 3 is 1.63 bits per heavy atom. The molecule has 0 saturated carbocycles. The highest BCUT2D eigenvalue weighted by Gasteiger charge is 2.19. The van der Waals surface area contributed by atoms with Gasteiger partial charge in [-0.05, 0) is 89.5 Å². The molecule has 0 saturated heterocycles. The minimum Gasteiger partial charge on any atom is -0.309 e. The van der Waals surface area contributed by atoms with Gasteiger partial charge in [0, 0.05) is 32.1 Å². The Kier molecular flexibility index (Phi) is 6.16. The molecule has 0 spiro atoms. The van der Waals surface area contributed by atoms with Crippen LogP contribution in [0.5, 0.6) is 0 Å². The number of para-hydroxylation sites is 3. The van der Waals surface area contributed by atoms with Crippen LogP contribution in [0.3, 0.4) is 0 Å². The third-order valence-corrected chi connectivity index (χ3v) is 9.57. The second-order valence-electron chi connectivity index (χ2n) is 11.6. The maximum Gasteiger partial charge on any atom is 0.0541 e. The van der Waals surface area contributed by atoms with Crippen molar-refractivity contribution in [3.8, 4) is 22.5 Å². The smallest absolute Gasteiger partial charge is 0.0541 e. The van der Waals surface area contributed by atoms with Gasteiger partial charge in [-0.15, -0.1) is 11.8 Å². The van der Waals surface area contributed by atoms with Gasteiger partial charge >= 0.3 is 0 Å². The number of rotatable bonds is 5. The molecule has 0 amide bonds. The van der Waals surface area contributed by atoms with Crippen molar-refractivity contribution >= 4 is 55.4 Å². The van der Waals surface area contributed by atoms with Crippen LogP contribution in [-0.4, -0.2) is 15.4 Å². The molecule has 0 bridgehead atoms. The fourth-order valence-corrected chi connectivity index (χ4v) is 7.68. The quantitative estimate of drug-likeness (QED) is 0.187. The monoisotopic (exact) mass is 572 g/mol. The van der Waals surface area contributed by atoms with Crippen LogP contribution in [0.15, 0.2) is 138 Å². The lowest BCUT2D eigenvalue weighted by Crippen LogP contribution is -2.03. The van der Waals surface area contributed by atoms with Crippen LogP contribution in [0.25, 0.3) is 66.1 Å². The van der Waals surface area contributed by atoms with Gasteiger partial charge in [-0.1, -0.05) is 86.6 Å². The zero-order valence-electron chi connectivity index (χ0n) is 24.6. The zero-order valence-corrected chi connectivity index (χ0v) is 25.4. The largest absolute Gasteiger partial charge is 0.309 e. The molecule has 0 aliphatic carbocycles. The molecule has 2 nitrogen and oxygen atoms in total. The molecule has 6 aromatic carbocycles. The number of thioether (sulfide) groups is 1. The van der Waals surface area contributed by atoms with Crippen molar-refractivity contribution in [2.24, 2.45) is 0 Å². The molecule has 0 N–H and O–H groups in total. The highest BCUT2D eigenvalue weighted by molar-refractivity contribution is 7.98. The summed E-state index contributed by atoms with van der Waals surface area (Å²) in [5, 5.41) is 5.11. The summed E-state index contributed by atoms with van der Waals surface area (Å²) in [6.45, 7) is 4.60. The van der Waals surface area contributed by atoms with Gasteiger partial charge in [-0.25, -0.2) is 0 Å². The predicted molar refractivity (Wildman–Crippen MR) is 186 cm³/mol. The minimum absolute atomic E-state index is 0.416. The second-order valence-corrected chi connectivity index (χ2v) is 12.4. The van der Waals surface area contributed by atoms with E-state index >= 15 is 0 Å². The van der Waals surface area contributed by atoms with E-state index in [9.17, 15) is 0 Å². The molecular weight excluding hydrogens is 541 g/mol. The lowest BCUT2D eigenvalue weighted by molar-refractivity contribution is 0.830. The molecule has 0 atom stereocenters. The summed E-state index contributed by atoms with van der Waals surface area (Å²) < 4.78 is 4.85. The maximum atomic E-state index is 2.47. The van der Waals surface area contributed by atoms with Gasteiger partial charge in [0.15, 0.2) is 0 Å². The van der Waals surface area contributed by atoms with Crippen LogP contribution >= 0.6 is 11.8 Å². The predicted octanol–water partition coefficient (Wildman–Crippen LogP) is 11.4. The van der Waals surface area contributed by atoms with Gasteiger partial charge < -0.3 is 9.13 Å². The molecule has 0 fully saturated rings. The van der Waals surface area contributed by atoms with E-state index in [1.54, 1.807) is 0 Å². The number of benzene rings is 6. The average Bonchev–Trinajstić information content (AvgIpc) is 3.57. The summed E-state index contributed by atoms with van der Waals surface area (Å²) in [4.78, 5) is 1.35. The van der Waals surface area contributed by atoms with Crippen molar-refractivity contribution in [3.05, 3.63) is 139 Å². The Morgan fingerprint density at radius 2 is 1.02 bits per heavy atom. The maximum absolute atomic E-state index is 2.47. The molecule has 0 aliphatic rings. The van der Waals surface area contributed by atoms with E-state index in [2.05, 4.69) is 163 Å². The van der Waals surface area contributed by atoms with Crippen molar-refractivity contribution in [2.45, 2.75) is 24.7 Å². The molecule has 2 heterocycles. The van der Waals surface area contributed by atoms with E-state index < -0.39 is 0 Å². The molecule has 3 heteroatoms. The van der Waals surface area contributed by atoms with Crippen LogP contribution in [0.2, 0.25) is 0 Å². The highest BCUT2D eigenvalue weighted by atomic mass is 32.2. The van der Waals surface area contributed by atoms with Gasteiger partial charge in [0.25, 0.3) is 0 Å². The average molecular weight is 573 g/mol. The third kappa shape index (κ3) is 4.03. The fourth-order valence-electron chi connectivity index (χ4n) is 6.91. The Balaban J connectivity index is 1.35. The lowest BCUT2D eigenvalue weighted by Gasteiger charge is -2.19. The van der Waals surface area contributed by atoms with Crippen LogP contribution < -0.4 is 0 Å². The summed E-state index contributed by atoms with van der Waals surface area (Å²) in [6.07, 6.45) is 2.18. The number of hydrogen-bond acceptors (Lipinski definition) is 1. The zero-order chi connectivity index (χ0) is 29.1. The summed E-state index contributed by atoms with van der Waals surface area (Å²) in [5.74, 6) is 0.416. The molecule has 0 unspecified atom stereocenters. The Morgan fingerprint density at radius 1 is 0.488 bits per heavy atom. The van der Waals surface area contributed by atoms with Crippen LogP contribution in [0.1, 0.15) is 25.3 Å². The van der Waals surface area contributed by atoms with Gasteiger partial charge in [0.05, 0.1) is 27.8 Å². The third-order valence-electron chi connectivity index (χ3n) is 8.77. The van der Waals surface area contributed by atoms with Crippen LogP contribution in [-0.2, 0) is 0 Å². The molecule has 0 radical (unpaired) electrons. The van der Waals surface area contributed by atoms with E-state index in [0.29, 0.717) is 5.92 Å². The molecule has 8 rings (SSSR count). The number of hydrogen-bond donors (Lipinski definition) is 0. The first kappa shape index (κ1) is 25.9. The molecular formula is C40H32N2S. The van der Waals surface area contributed by atoms with E-state index in [-0.39, 0.29) is 0 Å². The van der Waals surface area contributed by atoms with Gasteiger partial charge in [-0.3, -0.25) is 0 Å². The van der Waals surface area contributed by atoms with E-state index in [0.717, 1.165) is 0 Å². The second kappa shape index (κ2) is 10.2. The van der Waals surface area contributed by atoms with Crippen molar-refractivity contribution in [1.29, 1.82) is 0 Å². The van der Waals surface area contributed by atoms with Gasteiger partial charge in [-0.2, -0.15) is 0 Å². The van der Waals surface area contributed by atoms with Crippen LogP contribution in [0.4, 0.5) is 0 Å². The van der Waals surface area contributed by atoms with E-state index in [1.165, 1.54) is 76.6 Å². The standard InChI is InChI=1S/C40H32N2S/c1-26(2)40-38(18-11-19-39(40)43-3)42-35-17-10-8-15-31(35)33-25-28(21-23-37(33)42)27-20-22-36-32(24-27)30-14-7-9-16-34(30)41(36)29-12-5-4-6-13-29/h4-26H,1-3H3. The first-order valence-corrected chi connectivity index (χ1v) is 16.2. The number of fused-ring (bicyclic) bond motifs is 6. The SMILES string of the molecule is CSc1cccc(-n2c3ccccc3c3cc(-c4ccc5c(c4)c4ccccc4n5-c4ccccc4)ccc32)c1C(C)C. The first-order valence-electron chi connectivity index (χ1n) is 14.9. The summed E-state index contributed by atoms with van der Waals surface area (Å²) >= 11 is 1.83. The highest BCUT2D eigenvalue weighted by Crippen LogP contribution is 2.40. The van der Waals surface area contributed by atoms with Gasteiger partial charge in [0.1, 0.15) is 0 Å². The molecule has 8 aromatic rings. The van der Waals surface area contributed by atoms with Gasteiger partial charge in [0.2, 0.25) is 0 Å². The molecule has 2 aromatic heterocycles. The Hall–Kier alpha value is -4.73. The molecule has 208 valence electrons. The van der Waals surface area contributed by atoms with E-state index in [4.69, 9.17) is 0 Å². The summed E-state index contributed by atoms with van der Waals surface area (Å²) in [5.41, 5.74) is 11.3. The van der Waals surface area contributed by atoms with Crippen molar-refractivity contribution in [3.63, 3.8) is 0 Å². The van der Waals surface area contributed by atoms with Crippen molar-refractivity contribution < 1.29 is 0 Å². The normalized spacial score (nSPS) is 11.9. The summed E-state index contributed by atoms with van der Waals surface area (Å²) in [7, 11) is 0. The van der Waals surface area contributed by atoms with E-state index in [1.807, 2.05) is 11.8 Å².